The van der Waals surface area contributed by atoms with Crippen LogP contribution in [0.5, 0.6) is 17.2 Å². The summed E-state index contributed by atoms with van der Waals surface area (Å²) in [5.74, 6) is 1.49. The summed E-state index contributed by atoms with van der Waals surface area (Å²) >= 11 is 0. The number of benzene rings is 7. The van der Waals surface area contributed by atoms with Crippen molar-refractivity contribution < 1.29 is 48.8 Å². The van der Waals surface area contributed by atoms with Crippen molar-refractivity contribution in [3.8, 4) is 62.0 Å². The summed E-state index contributed by atoms with van der Waals surface area (Å²) in [5.41, 5.74) is 3.46. The molecule has 0 aliphatic carbocycles. The molecule has 5 heteroatoms. The first kappa shape index (κ1) is 22.0. The van der Waals surface area contributed by atoms with E-state index in [1.165, 1.54) is 0 Å². The van der Waals surface area contributed by atoms with Crippen LogP contribution in [0.25, 0.3) is 55.8 Å². The van der Waals surface area contributed by atoms with E-state index in [0.29, 0.717) is 34.0 Å². The molecule has 0 radical (unpaired) electrons. The van der Waals surface area contributed by atoms with Crippen LogP contribution in [0, 0.1) is 18.5 Å². The van der Waals surface area contributed by atoms with Gasteiger partial charge < -0.3 is 14.0 Å². The van der Waals surface area contributed by atoms with E-state index in [1.54, 1.807) is 70.8 Å². The minimum Gasteiger partial charge on any atom is -0.506 e. The van der Waals surface area contributed by atoms with Crippen LogP contribution in [0.15, 0.2) is 164 Å². The maximum absolute atomic E-state index is 8.91. The molecule has 0 bridgehead atoms. The van der Waals surface area contributed by atoms with Gasteiger partial charge in [0.25, 0.3) is 6.33 Å². The molecule has 0 amide bonds. The Morgan fingerprint density at radius 3 is 1.92 bits per heavy atom. The van der Waals surface area contributed by atoms with Gasteiger partial charge >= 0.3 is 0 Å². The second kappa shape index (κ2) is 14.2. The van der Waals surface area contributed by atoms with Gasteiger partial charge in [0, 0.05) is 32.6 Å². The predicted molar refractivity (Wildman–Crippen MR) is 191 cm³/mol. The molecule has 8 aromatic rings. The Kier molecular flexibility index (Phi) is 6.38. The summed E-state index contributed by atoms with van der Waals surface area (Å²) in [6.45, 7) is 0. The third-order valence-electron chi connectivity index (χ3n) is 7.74. The molecular formula is C44H30N2O2Pt-2. The number of imidazole rings is 1. The van der Waals surface area contributed by atoms with Gasteiger partial charge in [-0.25, -0.2) is 0 Å². The molecule has 0 saturated heterocycles. The summed E-state index contributed by atoms with van der Waals surface area (Å²) in [4.78, 5) is 0. The smallest absolute Gasteiger partial charge is 0.268 e. The van der Waals surface area contributed by atoms with E-state index >= 15 is 0 Å². The fourth-order valence-electron chi connectivity index (χ4n) is 5.64. The Morgan fingerprint density at radius 1 is 0.612 bits per heavy atom. The Bertz CT molecular complexity index is 2810. The molecule has 0 N–H and O–H groups in total. The van der Waals surface area contributed by atoms with Gasteiger partial charge in [0.2, 0.25) is 0 Å². The Balaban J connectivity index is 0.00000528. The standard InChI is InChI=1S/C44H30N2O2.Pt/c1-47-43-28-11-8-23-38(43)34-19-12-21-36(29-34)48-37-22-13-20-35(30-37)45-31-46(42-27-10-9-26-41(42)45)44-39(32-15-4-2-5-16-32)24-14-25-40(44)33-17-6-3-7-18-33;/h2-28H,1H3;/q-2;/i2D,3D,4D,5D,6D,7D,15D,16D,17D,18D;. The molecule has 0 spiro atoms. The third-order valence-corrected chi connectivity index (χ3v) is 7.74. The molecule has 4 nitrogen and oxygen atoms in total. The number of para-hydroxylation sites is 4. The fraction of sp³-hybridized carbons (Fsp3) is 0.0227. The van der Waals surface area contributed by atoms with Crippen molar-refractivity contribution in [3.63, 3.8) is 0 Å². The van der Waals surface area contributed by atoms with Gasteiger partial charge in [-0.15, -0.1) is 35.9 Å². The quantitative estimate of drug-likeness (QED) is 0.113. The normalized spacial score (nSPS) is 13.7. The van der Waals surface area contributed by atoms with Crippen LogP contribution in [0.3, 0.4) is 0 Å². The van der Waals surface area contributed by atoms with E-state index in [1.807, 2.05) is 48.5 Å². The van der Waals surface area contributed by atoms with Gasteiger partial charge in [0.15, 0.2) is 0 Å². The van der Waals surface area contributed by atoms with Gasteiger partial charge in [-0.3, -0.25) is 4.57 Å². The maximum Gasteiger partial charge on any atom is 0.268 e. The van der Waals surface area contributed by atoms with E-state index in [9.17, 15) is 0 Å². The van der Waals surface area contributed by atoms with E-state index in [2.05, 4.69) is 18.5 Å². The summed E-state index contributed by atoms with van der Waals surface area (Å²) in [7, 11) is 1.61. The number of rotatable bonds is 8. The summed E-state index contributed by atoms with van der Waals surface area (Å²) in [6.07, 6.45) is 3.35. The van der Waals surface area contributed by atoms with Crippen LogP contribution in [0.1, 0.15) is 13.7 Å². The van der Waals surface area contributed by atoms with Gasteiger partial charge in [-0.2, -0.15) is 12.1 Å². The first-order valence-corrected chi connectivity index (χ1v) is 15.0. The topological polar surface area (TPSA) is 27.3 Å². The average Bonchev–Trinajstić information content (AvgIpc) is 3.63. The zero-order chi connectivity index (χ0) is 41.0. The van der Waals surface area contributed by atoms with Crippen molar-refractivity contribution in [2.75, 3.05) is 7.11 Å². The van der Waals surface area contributed by atoms with Crippen LogP contribution in [0.4, 0.5) is 0 Å². The number of methoxy groups -OCH3 is 1. The van der Waals surface area contributed by atoms with Crippen LogP contribution in [-0.2, 0) is 21.1 Å². The molecule has 1 aromatic heterocycles. The van der Waals surface area contributed by atoms with Crippen molar-refractivity contribution in [3.05, 3.63) is 182 Å². The Hall–Kier alpha value is -5.70. The van der Waals surface area contributed by atoms with Crippen molar-refractivity contribution in [2.24, 2.45) is 0 Å². The van der Waals surface area contributed by atoms with Gasteiger partial charge in [0.05, 0.1) is 43.3 Å². The van der Waals surface area contributed by atoms with E-state index in [0.717, 1.165) is 11.1 Å². The largest absolute Gasteiger partial charge is 0.506 e. The molecule has 0 aliphatic heterocycles. The van der Waals surface area contributed by atoms with E-state index in [4.69, 9.17) is 23.2 Å². The molecular weight excluding hydrogens is 784 g/mol. The molecule has 240 valence electrons. The van der Waals surface area contributed by atoms with Crippen molar-refractivity contribution in [1.29, 1.82) is 0 Å². The Labute approximate surface area is 314 Å². The van der Waals surface area contributed by atoms with Crippen molar-refractivity contribution in [1.82, 2.24) is 4.57 Å². The third kappa shape index (κ3) is 6.31. The first-order chi connectivity index (χ1) is 27.9. The fourth-order valence-corrected chi connectivity index (χ4v) is 5.64. The van der Waals surface area contributed by atoms with Crippen LogP contribution >= 0.6 is 0 Å². The number of fused-ring (bicyclic) bond motifs is 1. The first-order valence-electron chi connectivity index (χ1n) is 20.0. The number of aromatic nitrogens is 2. The second-order valence-electron chi connectivity index (χ2n) is 10.6. The molecule has 0 aliphatic rings. The van der Waals surface area contributed by atoms with Crippen LogP contribution in [-0.4, -0.2) is 11.7 Å². The molecule has 8 rings (SSSR count). The molecule has 0 saturated carbocycles. The number of hydrogen-bond donors (Lipinski definition) is 0. The molecule has 0 atom stereocenters. The second-order valence-corrected chi connectivity index (χ2v) is 10.6. The van der Waals surface area contributed by atoms with E-state index < -0.39 is 60.4 Å². The Morgan fingerprint density at radius 2 is 1.20 bits per heavy atom. The minimum absolute atomic E-state index is 0. The number of hydrogen-bond acceptors (Lipinski definition) is 2. The summed E-state index contributed by atoms with van der Waals surface area (Å²) < 4.78 is 101. The average molecular weight is 824 g/mol. The molecule has 0 fully saturated rings. The predicted octanol–water partition coefficient (Wildman–Crippen LogP) is 10.1. The number of nitrogens with zero attached hydrogens (tertiary/aromatic N) is 2. The van der Waals surface area contributed by atoms with Crippen molar-refractivity contribution >= 4 is 11.0 Å². The van der Waals surface area contributed by atoms with E-state index in [-0.39, 0.29) is 49.0 Å². The summed E-state index contributed by atoms with van der Waals surface area (Å²) in [5, 5.41) is 0. The monoisotopic (exact) mass is 823 g/mol. The summed E-state index contributed by atoms with van der Waals surface area (Å²) in [6, 6.07) is 31.8. The molecule has 1 heterocycles. The zero-order valence-electron chi connectivity index (χ0n) is 35.8. The van der Waals surface area contributed by atoms with Gasteiger partial charge in [0.1, 0.15) is 0 Å². The number of ether oxygens (including phenoxy) is 2. The minimum atomic E-state index is -0.570. The SMILES string of the molecule is [2H]c1c([2H])c([2H])c(-c2cccc(-c3c([2H])c([2H])c([2H])c([2H])c3[2H])c2-[n+]2[c-]n(-c3[c-]c(Oc4[c-]c(-c5ccccc5OC)ccc4)ccc3)c3ccccc32)c([2H])c1[2H].[Pt]. The van der Waals surface area contributed by atoms with Crippen LogP contribution in [0.2, 0.25) is 0 Å². The molecule has 0 unspecified atom stereocenters. The molecule has 7 aromatic carbocycles. The van der Waals surface area contributed by atoms with Gasteiger partial charge in [-0.05, 0) is 34.0 Å². The van der Waals surface area contributed by atoms with Crippen molar-refractivity contribution in [2.45, 2.75) is 0 Å². The van der Waals surface area contributed by atoms with Crippen LogP contribution < -0.4 is 14.0 Å². The maximum atomic E-state index is 8.91. The zero-order valence-corrected chi connectivity index (χ0v) is 28.1. The van der Waals surface area contributed by atoms with Gasteiger partial charge in [-0.1, -0.05) is 133 Å². The molecule has 49 heavy (non-hydrogen) atoms.